The third kappa shape index (κ3) is 8.26. The third-order valence-electron chi connectivity index (χ3n) is 2.65. The maximum atomic E-state index is 6.23. The second-order valence-electron chi connectivity index (χ2n) is 4.48. The van der Waals surface area contributed by atoms with Gasteiger partial charge in [0.1, 0.15) is 0 Å². The normalized spacial score (nSPS) is 19.6. The monoisotopic (exact) mass is 252 g/mol. The molecule has 15 heavy (non-hydrogen) atoms. The highest BCUT2D eigenvalue weighted by Gasteiger charge is 2.29. The lowest BCUT2D eigenvalue weighted by Gasteiger charge is -2.23. The Morgan fingerprint density at radius 3 is 1.60 bits per heavy atom. The Bertz CT molecular complexity index is 149. The second-order valence-corrected chi connectivity index (χ2v) is 8.79. The molecule has 0 saturated carbocycles. The van der Waals surface area contributed by atoms with Crippen molar-refractivity contribution in [3.63, 3.8) is 0 Å². The van der Waals surface area contributed by atoms with E-state index in [4.69, 9.17) is 19.9 Å². The molecule has 4 heteroatoms. The van der Waals surface area contributed by atoms with Gasteiger partial charge in [0.05, 0.1) is 0 Å². The maximum absolute atomic E-state index is 6.23. The molecular weight excluding hydrogens is 228 g/mol. The van der Waals surface area contributed by atoms with Crippen LogP contribution in [-0.4, -0.2) is 21.1 Å². The van der Waals surface area contributed by atoms with Crippen LogP contribution in [0.4, 0.5) is 0 Å². The molecular formula is C11H25ClO2Si. The van der Waals surface area contributed by atoms with E-state index in [-0.39, 0.29) is 0 Å². The first-order valence-corrected chi connectivity index (χ1v) is 9.20. The molecule has 0 aromatic carbocycles. The van der Waals surface area contributed by atoms with Crippen LogP contribution in [-0.2, 0) is 8.85 Å². The Morgan fingerprint density at radius 2 is 1.33 bits per heavy atom. The predicted molar refractivity (Wildman–Crippen MR) is 68.3 cm³/mol. The van der Waals surface area contributed by atoms with Crippen molar-refractivity contribution in [2.45, 2.75) is 47.1 Å². The number of hydrogen-bond acceptors (Lipinski definition) is 2. The van der Waals surface area contributed by atoms with Crippen LogP contribution >= 0.6 is 11.1 Å². The Kier molecular flexibility index (Phi) is 7.88. The first-order chi connectivity index (χ1) is 6.91. The van der Waals surface area contributed by atoms with Gasteiger partial charge in [-0.3, -0.25) is 0 Å². The van der Waals surface area contributed by atoms with Gasteiger partial charge < -0.3 is 8.85 Å². The van der Waals surface area contributed by atoms with E-state index < -0.39 is 7.87 Å². The largest absolute Gasteiger partial charge is 0.439 e. The highest BCUT2D eigenvalue weighted by atomic mass is 35.6. The van der Waals surface area contributed by atoms with E-state index in [1.54, 1.807) is 0 Å². The molecule has 0 N–H and O–H groups in total. The van der Waals surface area contributed by atoms with E-state index in [2.05, 4.69) is 27.7 Å². The van der Waals surface area contributed by atoms with Gasteiger partial charge in [-0.25, -0.2) is 0 Å². The van der Waals surface area contributed by atoms with Gasteiger partial charge in [-0.15, -0.1) is 0 Å². The summed E-state index contributed by atoms with van der Waals surface area (Å²) in [5, 5.41) is 0. The first kappa shape index (κ1) is 15.4. The summed E-state index contributed by atoms with van der Waals surface area (Å²) in [7, 11) is -2.39. The zero-order chi connectivity index (χ0) is 11.9. The topological polar surface area (TPSA) is 18.5 Å². The lowest BCUT2D eigenvalue weighted by Crippen LogP contribution is -2.35. The van der Waals surface area contributed by atoms with Gasteiger partial charge in [0.25, 0.3) is 0 Å². The van der Waals surface area contributed by atoms with Crippen LogP contribution in [0.3, 0.4) is 0 Å². The summed E-state index contributed by atoms with van der Waals surface area (Å²) in [5.41, 5.74) is 0. The van der Waals surface area contributed by atoms with Crippen LogP contribution in [0.25, 0.3) is 0 Å². The minimum atomic E-state index is -2.39. The van der Waals surface area contributed by atoms with Crippen molar-refractivity contribution in [1.82, 2.24) is 0 Å². The molecule has 2 nitrogen and oxygen atoms in total. The van der Waals surface area contributed by atoms with Crippen LogP contribution in [0.5, 0.6) is 0 Å². The second kappa shape index (κ2) is 7.66. The Morgan fingerprint density at radius 1 is 1.00 bits per heavy atom. The zero-order valence-corrected chi connectivity index (χ0v) is 12.4. The molecule has 0 aliphatic heterocycles. The third-order valence-corrected chi connectivity index (χ3v) is 4.66. The lowest BCUT2D eigenvalue weighted by molar-refractivity contribution is 0.150. The fourth-order valence-corrected chi connectivity index (χ4v) is 2.49. The Labute approximate surface area is 100 Å². The molecule has 0 aromatic heterocycles. The van der Waals surface area contributed by atoms with Crippen LogP contribution in [0, 0.1) is 11.8 Å². The van der Waals surface area contributed by atoms with Crippen LogP contribution in [0.15, 0.2) is 0 Å². The van der Waals surface area contributed by atoms with E-state index in [9.17, 15) is 0 Å². The van der Waals surface area contributed by atoms with Crippen molar-refractivity contribution in [3.8, 4) is 0 Å². The summed E-state index contributed by atoms with van der Waals surface area (Å²) in [6.45, 7) is 12.0. The molecule has 0 aliphatic carbocycles. The smallest absolute Gasteiger partial charge is 0.383 e. The van der Waals surface area contributed by atoms with E-state index in [0.29, 0.717) is 25.0 Å². The molecule has 2 unspecified atom stereocenters. The fourth-order valence-electron chi connectivity index (χ4n) is 0.860. The van der Waals surface area contributed by atoms with Gasteiger partial charge in [0.15, 0.2) is 0 Å². The fraction of sp³-hybridized carbons (Fsp3) is 1.00. The summed E-state index contributed by atoms with van der Waals surface area (Å²) in [6, 6.07) is 0. The Balaban J connectivity index is 3.75. The highest BCUT2D eigenvalue weighted by Crippen LogP contribution is 2.17. The van der Waals surface area contributed by atoms with E-state index in [0.717, 1.165) is 12.8 Å². The maximum Gasteiger partial charge on any atom is 0.439 e. The molecule has 0 radical (unpaired) electrons. The predicted octanol–water partition coefficient (Wildman–Crippen LogP) is 3.92. The summed E-state index contributed by atoms with van der Waals surface area (Å²) in [4.78, 5) is 0. The van der Waals surface area contributed by atoms with Crippen molar-refractivity contribution in [1.29, 1.82) is 0 Å². The summed E-state index contributed by atoms with van der Waals surface area (Å²) in [6.07, 6.45) is 2.24. The minimum absolute atomic E-state index is 0.558. The molecule has 0 aromatic rings. The molecule has 0 heterocycles. The summed E-state index contributed by atoms with van der Waals surface area (Å²) < 4.78 is 11.3. The van der Waals surface area contributed by atoms with Gasteiger partial charge in [-0.2, -0.15) is 0 Å². The molecule has 0 aliphatic rings. The van der Waals surface area contributed by atoms with Crippen LogP contribution in [0.2, 0.25) is 6.55 Å². The van der Waals surface area contributed by atoms with Crippen molar-refractivity contribution in [2.75, 3.05) is 13.2 Å². The lowest BCUT2D eigenvalue weighted by atomic mass is 10.1. The molecule has 0 amide bonds. The quantitative estimate of drug-likeness (QED) is 0.482. The minimum Gasteiger partial charge on any atom is -0.383 e. The number of rotatable bonds is 8. The number of halogens is 1. The van der Waals surface area contributed by atoms with E-state index in [1.807, 2.05) is 6.55 Å². The molecule has 0 saturated heterocycles. The molecule has 2 atom stereocenters. The molecule has 0 rings (SSSR count). The summed E-state index contributed by atoms with van der Waals surface area (Å²) in [5.74, 6) is 1.12. The van der Waals surface area contributed by atoms with Gasteiger partial charge in [-0.05, 0) is 18.4 Å². The van der Waals surface area contributed by atoms with Gasteiger partial charge in [0.2, 0.25) is 0 Å². The average molecular weight is 253 g/mol. The van der Waals surface area contributed by atoms with Crippen molar-refractivity contribution < 1.29 is 8.85 Å². The van der Waals surface area contributed by atoms with E-state index in [1.165, 1.54) is 0 Å². The first-order valence-electron chi connectivity index (χ1n) is 5.88. The molecule has 0 spiro atoms. The van der Waals surface area contributed by atoms with Crippen LogP contribution < -0.4 is 0 Å². The molecule has 92 valence electrons. The molecule has 0 fully saturated rings. The van der Waals surface area contributed by atoms with Gasteiger partial charge in [-0.1, -0.05) is 51.6 Å². The van der Waals surface area contributed by atoms with Crippen molar-refractivity contribution in [2.24, 2.45) is 11.8 Å². The van der Waals surface area contributed by atoms with Crippen molar-refractivity contribution in [3.05, 3.63) is 0 Å². The van der Waals surface area contributed by atoms with E-state index >= 15 is 0 Å². The van der Waals surface area contributed by atoms with Gasteiger partial charge in [0, 0.05) is 13.2 Å². The highest BCUT2D eigenvalue weighted by molar-refractivity contribution is 7.12. The zero-order valence-electron chi connectivity index (χ0n) is 10.7. The number of hydrogen-bond donors (Lipinski definition) is 0. The molecule has 0 bridgehead atoms. The Hall–Kier alpha value is 0.427. The average Bonchev–Trinajstić information content (AvgIpc) is 2.22. The van der Waals surface area contributed by atoms with Crippen molar-refractivity contribution >= 4 is 18.9 Å². The van der Waals surface area contributed by atoms with Crippen LogP contribution in [0.1, 0.15) is 40.5 Å². The standard InChI is InChI=1S/C11H25ClO2Si/c1-6-10(3)8-13-15(5,12)14-9-11(4)7-2/h10-11H,6-9H2,1-5H3. The summed E-state index contributed by atoms with van der Waals surface area (Å²) >= 11 is 6.23. The van der Waals surface area contributed by atoms with Gasteiger partial charge >= 0.3 is 7.87 Å². The SMILES string of the molecule is CCC(C)CO[Si](C)(Cl)OCC(C)CC.